The van der Waals surface area contributed by atoms with E-state index in [9.17, 15) is 4.79 Å². The number of hydrogen-bond donors (Lipinski definition) is 2. The van der Waals surface area contributed by atoms with Gasteiger partial charge < -0.3 is 20.0 Å². The van der Waals surface area contributed by atoms with Gasteiger partial charge in [-0.2, -0.15) is 0 Å². The van der Waals surface area contributed by atoms with Gasteiger partial charge in [0.25, 0.3) is 0 Å². The average Bonchev–Trinajstić information content (AvgIpc) is 2.65. The van der Waals surface area contributed by atoms with Crippen LogP contribution in [0.25, 0.3) is 11.0 Å². The predicted octanol–water partition coefficient (Wildman–Crippen LogP) is 2.71. The molecule has 1 heterocycles. The third-order valence-electron chi connectivity index (χ3n) is 3.19. The average molecular weight is 293 g/mol. The number of benzene rings is 1. The zero-order chi connectivity index (χ0) is 14.9. The lowest BCUT2D eigenvalue weighted by atomic mass is 9.99. The molecule has 2 aromatic rings. The summed E-state index contributed by atoms with van der Waals surface area (Å²) in [4.78, 5) is 14.4. The SMILES string of the molecule is CCOc1cccc2c1[nH]c(=S)n2C(C)(C)CC(N)=O. The van der Waals surface area contributed by atoms with Crippen LogP contribution in [0.2, 0.25) is 0 Å². The first-order valence-corrected chi connectivity index (χ1v) is 6.93. The van der Waals surface area contributed by atoms with Gasteiger partial charge in [-0.05, 0) is 45.1 Å². The van der Waals surface area contributed by atoms with Gasteiger partial charge in [-0.3, -0.25) is 4.79 Å². The standard InChI is InChI=1S/C14H19N3O2S/c1-4-19-10-7-5-6-9-12(10)16-13(20)17(9)14(2,3)8-11(15)18/h5-7H,4,8H2,1-3H3,(H2,15,18)(H,16,20). The first-order chi connectivity index (χ1) is 9.36. The topological polar surface area (TPSA) is 73.0 Å². The Balaban J connectivity index is 2.66. The number of rotatable bonds is 5. The Morgan fingerprint density at radius 3 is 2.80 bits per heavy atom. The number of amides is 1. The van der Waals surface area contributed by atoms with Gasteiger partial charge in [-0.15, -0.1) is 0 Å². The van der Waals surface area contributed by atoms with Gasteiger partial charge in [0.1, 0.15) is 11.3 Å². The second kappa shape index (κ2) is 5.28. The van der Waals surface area contributed by atoms with Crippen LogP contribution >= 0.6 is 12.2 Å². The lowest BCUT2D eigenvalue weighted by Gasteiger charge is -2.26. The molecule has 0 spiro atoms. The normalized spacial score (nSPS) is 11.8. The van der Waals surface area contributed by atoms with Crippen molar-refractivity contribution in [3.8, 4) is 5.75 Å². The molecule has 0 fully saturated rings. The maximum absolute atomic E-state index is 11.3. The van der Waals surface area contributed by atoms with Crippen LogP contribution in [-0.2, 0) is 10.3 Å². The molecule has 3 N–H and O–H groups in total. The molecule has 0 bridgehead atoms. The number of aromatic amines is 1. The van der Waals surface area contributed by atoms with E-state index in [2.05, 4.69) is 4.98 Å². The van der Waals surface area contributed by atoms with E-state index in [4.69, 9.17) is 22.7 Å². The van der Waals surface area contributed by atoms with E-state index in [1.165, 1.54) is 0 Å². The number of para-hydroxylation sites is 1. The third-order valence-corrected chi connectivity index (χ3v) is 3.48. The Morgan fingerprint density at radius 1 is 1.50 bits per heavy atom. The van der Waals surface area contributed by atoms with Gasteiger partial charge in [0.05, 0.1) is 17.7 Å². The van der Waals surface area contributed by atoms with Crippen molar-refractivity contribution in [2.45, 2.75) is 32.7 Å². The maximum atomic E-state index is 11.3. The molecule has 1 aromatic heterocycles. The highest BCUT2D eigenvalue weighted by molar-refractivity contribution is 7.71. The van der Waals surface area contributed by atoms with Gasteiger partial charge in [0, 0.05) is 6.42 Å². The summed E-state index contributed by atoms with van der Waals surface area (Å²) in [7, 11) is 0. The summed E-state index contributed by atoms with van der Waals surface area (Å²) >= 11 is 5.40. The van der Waals surface area contributed by atoms with Crippen molar-refractivity contribution in [1.82, 2.24) is 9.55 Å². The summed E-state index contributed by atoms with van der Waals surface area (Å²) < 4.78 is 8.07. The van der Waals surface area contributed by atoms with E-state index in [-0.39, 0.29) is 12.3 Å². The molecule has 0 aliphatic heterocycles. The molecule has 0 saturated carbocycles. The molecular formula is C14H19N3O2S. The number of fused-ring (bicyclic) bond motifs is 1. The number of ether oxygens (including phenoxy) is 1. The van der Waals surface area contributed by atoms with Crippen LogP contribution in [0.3, 0.4) is 0 Å². The van der Waals surface area contributed by atoms with Crippen molar-refractivity contribution in [1.29, 1.82) is 0 Å². The highest BCUT2D eigenvalue weighted by Gasteiger charge is 2.26. The second-order valence-electron chi connectivity index (χ2n) is 5.30. The quantitative estimate of drug-likeness (QED) is 0.832. The first-order valence-electron chi connectivity index (χ1n) is 6.52. The Bertz CT molecular complexity index is 700. The van der Waals surface area contributed by atoms with E-state index < -0.39 is 5.54 Å². The molecule has 108 valence electrons. The van der Waals surface area contributed by atoms with Gasteiger partial charge in [0.15, 0.2) is 4.77 Å². The number of aromatic nitrogens is 2. The Labute approximate surface area is 122 Å². The summed E-state index contributed by atoms with van der Waals surface area (Å²) in [5, 5.41) is 0. The number of nitrogens with zero attached hydrogens (tertiary/aromatic N) is 1. The fraction of sp³-hybridized carbons (Fsp3) is 0.429. The van der Waals surface area contributed by atoms with Gasteiger partial charge in [-0.25, -0.2) is 0 Å². The molecule has 6 heteroatoms. The van der Waals surface area contributed by atoms with E-state index in [1.807, 2.05) is 43.5 Å². The number of primary amides is 1. The molecule has 1 aromatic carbocycles. The van der Waals surface area contributed by atoms with Crippen molar-refractivity contribution < 1.29 is 9.53 Å². The smallest absolute Gasteiger partial charge is 0.219 e. The fourth-order valence-electron chi connectivity index (χ4n) is 2.49. The van der Waals surface area contributed by atoms with E-state index in [0.717, 1.165) is 16.8 Å². The van der Waals surface area contributed by atoms with Crippen LogP contribution in [0.4, 0.5) is 0 Å². The Kier molecular flexibility index (Phi) is 3.85. The summed E-state index contributed by atoms with van der Waals surface area (Å²) in [5.41, 5.74) is 6.59. The van der Waals surface area contributed by atoms with Crippen LogP contribution in [0, 0.1) is 4.77 Å². The van der Waals surface area contributed by atoms with Crippen LogP contribution in [0.5, 0.6) is 5.75 Å². The third kappa shape index (κ3) is 2.56. The van der Waals surface area contributed by atoms with Crippen LogP contribution in [0.1, 0.15) is 27.2 Å². The highest BCUT2D eigenvalue weighted by Crippen LogP contribution is 2.30. The molecule has 20 heavy (non-hydrogen) atoms. The molecule has 0 saturated heterocycles. The highest BCUT2D eigenvalue weighted by atomic mass is 32.1. The number of imidazole rings is 1. The number of nitrogens with two attached hydrogens (primary N) is 1. The van der Waals surface area contributed by atoms with Crippen molar-refractivity contribution in [2.24, 2.45) is 5.73 Å². The van der Waals surface area contributed by atoms with Gasteiger partial charge in [-0.1, -0.05) is 6.07 Å². The monoisotopic (exact) mass is 293 g/mol. The van der Waals surface area contributed by atoms with Gasteiger partial charge in [0.2, 0.25) is 5.91 Å². The number of carbonyl (C=O) groups excluding carboxylic acids is 1. The Hall–Kier alpha value is -1.82. The van der Waals surface area contributed by atoms with Crippen LogP contribution in [-0.4, -0.2) is 22.1 Å². The lowest BCUT2D eigenvalue weighted by Crippen LogP contribution is -2.32. The first kappa shape index (κ1) is 14.6. The molecule has 0 aliphatic carbocycles. The molecule has 0 atom stereocenters. The van der Waals surface area contributed by atoms with E-state index in [1.54, 1.807) is 0 Å². The zero-order valence-corrected chi connectivity index (χ0v) is 12.7. The minimum absolute atomic E-state index is 0.215. The molecule has 2 rings (SSSR count). The summed E-state index contributed by atoms with van der Waals surface area (Å²) in [5.74, 6) is 0.400. The zero-order valence-electron chi connectivity index (χ0n) is 11.9. The van der Waals surface area contributed by atoms with Crippen molar-refractivity contribution in [2.75, 3.05) is 6.61 Å². The molecular weight excluding hydrogens is 274 g/mol. The number of carbonyl (C=O) groups is 1. The summed E-state index contributed by atoms with van der Waals surface area (Å²) in [6, 6.07) is 5.75. The van der Waals surface area contributed by atoms with E-state index >= 15 is 0 Å². The Morgan fingerprint density at radius 2 is 2.20 bits per heavy atom. The minimum atomic E-state index is -0.494. The largest absolute Gasteiger partial charge is 0.492 e. The lowest BCUT2D eigenvalue weighted by molar-refractivity contribution is -0.119. The van der Waals surface area contributed by atoms with Crippen molar-refractivity contribution >= 4 is 29.2 Å². The number of nitrogens with one attached hydrogen (secondary N) is 1. The minimum Gasteiger partial charge on any atom is -0.492 e. The fourth-order valence-corrected chi connectivity index (χ4v) is 2.93. The summed E-state index contributed by atoms with van der Waals surface area (Å²) in [6.45, 7) is 6.39. The van der Waals surface area contributed by atoms with Crippen LogP contribution in [0.15, 0.2) is 18.2 Å². The maximum Gasteiger partial charge on any atom is 0.219 e. The molecule has 0 radical (unpaired) electrons. The summed E-state index contributed by atoms with van der Waals surface area (Å²) in [6.07, 6.45) is 0.215. The van der Waals surface area contributed by atoms with Crippen molar-refractivity contribution in [3.05, 3.63) is 23.0 Å². The molecule has 0 aliphatic rings. The van der Waals surface area contributed by atoms with Gasteiger partial charge >= 0.3 is 0 Å². The number of H-pyrrole nitrogens is 1. The predicted molar refractivity (Wildman–Crippen MR) is 81.4 cm³/mol. The molecule has 1 amide bonds. The van der Waals surface area contributed by atoms with Crippen LogP contribution < -0.4 is 10.5 Å². The second-order valence-corrected chi connectivity index (χ2v) is 5.69. The molecule has 0 unspecified atom stereocenters. The number of hydrogen-bond acceptors (Lipinski definition) is 3. The van der Waals surface area contributed by atoms with Crippen molar-refractivity contribution in [3.63, 3.8) is 0 Å². The molecule has 5 nitrogen and oxygen atoms in total. The van der Waals surface area contributed by atoms with E-state index in [0.29, 0.717) is 11.4 Å².